The molecule has 0 amide bonds. The van der Waals surface area contributed by atoms with Crippen LogP contribution in [0.4, 0.5) is 0 Å². The number of nitrogens with zero attached hydrogens (tertiary/aromatic N) is 8. The van der Waals surface area contributed by atoms with Gasteiger partial charge in [0.1, 0.15) is 0 Å². The molecular formula is C78H54N8Pt2-6. The fourth-order valence-electron chi connectivity index (χ4n) is 15.7. The van der Waals surface area contributed by atoms with E-state index in [1.165, 1.54) is 89.0 Å². The third-order valence-corrected chi connectivity index (χ3v) is 18.9. The van der Waals surface area contributed by atoms with Gasteiger partial charge >= 0.3 is 0 Å². The molecule has 0 spiro atoms. The molecule has 4 aliphatic carbocycles. The minimum Gasteiger partial charge on any atom is -0.581 e. The van der Waals surface area contributed by atoms with Gasteiger partial charge < -0.3 is 40.0 Å². The molecule has 2 aliphatic heterocycles. The zero-order valence-corrected chi connectivity index (χ0v) is 52.5. The van der Waals surface area contributed by atoms with Crippen LogP contribution in [-0.2, 0) is 64.0 Å². The van der Waals surface area contributed by atoms with Crippen LogP contribution in [-0.4, -0.2) is 43.9 Å². The first-order chi connectivity index (χ1) is 42.5. The first kappa shape index (κ1) is 55.3. The van der Waals surface area contributed by atoms with Crippen LogP contribution in [0, 0.1) is 25.5 Å². The van der Waals surface area contributed by atoms with Crippen LogP contribution in [0.2, 0.25) is 0 Å². The van der Waals surface area contributed by atoms with Crippen LogP contribution in [0.1, 0.15) is 78.1 Å². The Bertz CT molecular complexity index is 4240. The molecule has 0 atom stereocenters. The molecule has 2 aromatic heterocycles. The van der Waals surface area contributed by atoms with Crippen molar-refractivity contribution in [2.24, 2.45) is 0 Å². The summed E-state index contributed by atoms with van der Waals surface area (Å²) in [6, 6.07) is 95.6. The van der Waals surface area contributed by atoms with Gasteiger partial charge in [0, 0.05) is 53.5 Å². The van der Waals surface area contributed by atoms with Gasteiger partial charge in [-0.1, -0.05) is 206 Å². The van der Waals surface area contributed by atoms with Crippen molar-refractivity contribution >= 4 is 0 Å². The van der Waals surface area contributed by atoms with E-state index in [-0.39, 0.29) is 42.1 Å². The first-order valence-electron chi connectivity index (χ1n) is 29.3. The molecular weight excluding hydrogens is 1440 g/mol. The van der Waals surface area contributed by atoms with Crippen molar-refractivity contribution < 1.29 is 42.1 Å². The summed E-state index contributed by atoms with van der Waals surface area (Å²) >= 11 is 0. The maximum atomic E-state index is 4.74. The van der Waals surface area contributed by atoms with E-state index in [2.05, 4.69) is 337 Å². The smallest absolute Gasteiger partial charge is 0.0686 e. The molecule has 0 saturated carbocycles. The van der Waals surface area contributed by atoms with Gasteiger partial charge in [-0.05, 0) is 128 Å². The van der Waals surface area contributed by atoms with Crippen LogP contribution in [0.25, 0.3) is 44.5 Å². The van der Waals surface area contributed by atoms with Crippen LogP contribution >= 0.6 is 0 Å². The van der Waals surface area contributed by atoms with E-state index >= 15 is 0 Å². The van der Waals surface area contributed by atoms with Crippen molar-refractivity contribution in [3.63, 3.8) is 0 Å². The van der Waals surface area contributed by atoms with Crippen molar-refractivity contribution in [3.05, 3.63) is 383 Å². The van der Waals surface area contributed by atoms with Crippen molar-refractivity contribution in [2.75, 3.05) is 14.1 Å². The number of hydrogen-bond donors (Lipinski definition) is 0. The Hall–Kier alpha value is -9.32. The second-order valence-electron chi connectivity index (χ2n) is 23.0. The van der Waals surface area contributed by atoms with Crippen molar-refractivity contribution in [1.29, 1.82) is 0 Å². The Balaban J connectivity index is 0.000000144. The molecule has 10 heteroatoms. The predicted molar refractivity (Wildman–Crippen MR) is 337 cm³/mol. The average Bonchev–Trinajstić information content (AvgIpc) is 1.54. The van der Waals surface area contributed by atoms with Gasteiger partial charge in [-0.15, -0.1) is 22.3 Å². The predicted octanol–water partition coefficient (Wildman–Crippen LogP) is 14.6. The number of benzene rings is 10. The van der Waals surface area contributed by atoms with E-state index in [1.54, 1.807) is 12.4 Å². The molecule has 432 valence electrons. The minimum absolute atomic E-state index is 0. The maximum Gasteiger partial charge on any atom is 0.0686 e. The summed E-state index contributed by atoms with van der Waals surface area (Å²) in [5, 5.41) is 18.2. The number of fused-ring (bicyclic) bond motifs is 12. The second kappa shape index (κ2) is 21.2. The van der Waals surface area contributed by atoms with E-state index in [4.69, 9.17) is 10.2 Å². The van der Waals surface area contributed by atoms with Gasteiger partial charge in [-0.3, -0.25) is 0 Å². The standard InChI is InChI=1S/2C39H27N4.2Pt/c2*1-42-23-24-43(26-42)39(35-19-8-4-15-31(35)32-16-5-9-20-36(32)39)28-12-10-11-27(25-28)38(37-21-22-40-41-37)33-17-6-2-13-29(33)30-14-3-7-18-34(30)38;;/h2*2-24,26H,1H3;;/q2*-3;;. The van der Waals surface area contributed by atoms with E-state index in [0.29, 0.717) is 0 Å². The third kappa shape index (κ3) is 7.46. The Labute approximate surface area is 542 Å². The summed E-state index contributed by atoms with van der Waals surface area (Å²) in [7, 11) is 4.15. The van der Waals surface area contributed by atoms with Crippen molar-refractivity contribution in [2.45, 2.75) is 21.9 Å². The number of aromatic nitrogens is 4. The minimum atomic E-state index is -0.653. The van der Waals surface area contributed by atoms with Gasteiger partial charge in [-0.25, -0.2) is 0 Å². The molecule has 12 aromatic rings. The zero-order chi connectivity index (χ0) is 57.2. The largest absolute Gasteiger partial charge is 0.581 e. The van der Waals surface area contributed by atoms with Crippen molar-refractivity contribution in [1.82, 2.24) is 40.0 Å². The maximum absolute atomic E-state index is 4.74. The van der Waals surface area contributed by atoms with Gasteiger partial charge in [0.05, 0.1) is 21.9 Å². The summed E-state index contributed by atoms with van der Waals surface area (Å²) in [6.45, 7) is 4.36. The van der Waals surface area contributed by atoms with Gasteiger partial charge in [-0.2, -0.15) is 74.3 Å². The van der Waals surface area contributed by atoms with E-state index in [9.17, 15) is 0 Å². The normalized spacial score (nSPS) is 16.2. The monoisotopic (exact) mass is 1490 g/mol. The van der Waals surface area contributed by atoms with E-state index < -0.39 is 21.9 Å². The average molecular weight is 1490 g/mol. The van der Waals surface area contributed by atoms with Gasteiger partial charge in [0.25, 0.3) is 0 Å². The fraction of sp³-hybridized carbons (Fsp3) is 0.0769. The number of rotatable bonds is 8. The van der Waals surface area contributed by atoms with Crippen LogP contribution in [0.3, 0.4) is 0 Å². The molecule has 0 fully saturated rings. The van der Waals surface area contributed by atoms with Crippen molar-refractivity contribution in [3.8, 4) is 44.5 Å². The summed E-state index contributed by atoms with van der Waals surface area (Å²) in [4.78, 5) is 8.91. The Morgan fingerprint density at radius 2 is 0.568 bits per heavy atom. The Morgan fingerprint density at radius 3 is 0.830 bits per heavy atom. The summed E-state index contributed by atoms with van der Waals surface area (Å²) < 4.78 is 0. The molecule has 0 N–H and O–H groups in total. The SMILES string of the molecule is CN1C=CN(C2(c3[c-]c(C4(c5cc[n-]n5)c5ccccc5-c5ccccc54)ccc3)c3ccccc3-c3ccccc32)[CH-]1.CN1C=CN(C2(c3[c-]c(C4(c5cc[n-]n5)c5ccccc5-c5ccccc54)ccc3)c3ccccc3-c3ccccc32)[CH-]1.[Pt].[Pt]. The van der Waals surface area contributed by atoms with Gasteiger partial charge in [0.15, 0.2) is 0 Å². The fourth-order valence-corrected chi connectivity index (χ4v) is 15.7. The van der Waals surface area contributed by atoms with Crippen LogP contribution < -0.4 is 10.2 Å². The molecule has 4 heterocycles. The molecule has 0 unspecified atom stereocenters. The molecule has 18 rings (SSSR count). The Kier molecular flexibility index (Phi) is 13.3. The molecule has 0 radical (unpaired) electrons. The topological polar surface area (TPSA) is 66.9 Å². The number of hydrogen-bond acceptors (Lipinski definition) is 6. The first-order valence-corrected chi connectivity index (χ1v) is 29.3. The van der Waals surface area contributed by atoms with E-state index in [1.807, 2.05) is 0 Å². The third-order valence-electron chi connectivity index (χ3n) is 18.9. The zero-order valence-electron chi connectivity index (χ0n) is 47.9. The molecule has 0 saturated heterocycles. The molecule has 10 aromatic carbocycles. The summed E-state index contributed by atoms with van der Waals surface area (Å²) in [5.74, 6) is 0. The van der Waals surface area contributed by atoms with Crippen LogP contribution in [0.15, 0.2) is 280 Å². The second-order valence-corrected chi connectivity index (χ2v) is 23.0. The van der Waals surface area contributed by atoms with Crippen LogP contribution in [0.5, 0.6) is 0 Å². The molecule has 6 aliphatic rings. The summed E-state index contributed by atoms with van der Waals surface area (Å²) in [5.41, 5.74) is 23.3. The molecule has 8 nitrogen and oxygen atoms in total. The Morgan fingerprint density at radius 1 is 0.307 bits per heavy atom. The molecule has 0 bridgehead atoms. The van der Waals surface area contributed by atoms with E-state index in [0.717, 1.165) is 33.6 Å². The van der Waals surface area contributed by atoms with Gasteiger partial charge in [0.2, 0.25) is 0 Å². The quantitative estimate of drug-likeness (QED) is 0.139. The molecule has 88 heavy (non-hydrogen) atoms. The summed E-state index contributed by atoms with van der Waals surface area (Å²) in [6.07, 6.45) is 12.2.